The Morgan fingerprint density at radius 1 is 0.200 bits per heavy atom. The second-order valence-electron chi connectivity index (χ2n) is 52.6. The van der Waals surface area contributed by atoms with Gasteiger partial charge in [-0.2, -0.15) is 0 Å². The van der Waals surface area contributed by atoms with Crippen LogP contribution in [0.4, 0.5) is 0 Å². The van der Waals surface area contributed by atoms with Crippen LogP contribution < -0.4 is 0 Å². The van der Waals surface area contributed by atoms with Crippen LogP contribution in [0.5, 0.6) is 0 Å². The summed E-state index contributed by atoms with van der Waals surface area (Å²) >= 11 is 0. The molecule has 10 heteroatoms. The van der Waals surface area contributed by atoms with E-state index in [1.165, 1.54) is 235 Å². The van der Waals surface area contributed by atoms with Gasteiger partial charge in [0.05, 0.1) is 89.9 Å². The molecule has 0 spiro atoms. The molecular formula is C140H182N8Si2. The quantitative estimate of drug-likeness (QED) is 0.0183. The van der Waals surface area contributed by atoms with Crippen molar-refractivity contribution in [2.45, 2.75) is 441 Å². The first-order valence-electron chi connectivity index (χ1n) is 58.1. The Balaban J connectivity index is 1.11. The summed E-state index contributed by atoms with van der Waals surface area (Å²) in [7, 11) is -4.44. The smallest absolute Gasteiger partial charge is 0.138 e. The van der Waals surface area contributed by atoms with Gasteiger partial charge in [-0.05, 0) is 267 Å². The predicted octanol–water partition coefficient (Wildman–Crippen LogP) is 40.2. The number of benzene rings is 4. The Morgan fingerprint density at radius 2 is 0.367 bits per heavy atom. The van der Waals surface area contributed by atoms with Crippen LogP contribution in [-0.2, 0) is 43.3 Å². The fourth-order valence-corrected chi connectivity index (χ4v) is 30.3. The SMILES string of the molecule is CCCCCC[Si](C#Cc1c2nc(c(-c3cc(C(C)(C)C)cc(C(C)(C)C)c3)c3ccc([nH]3)c(C#CC#Cc3c4nc(c(-c5cc(C(C)(C)C)cc(C(C)(C)C)c5)c5ccc([nH]5)c(C#C[Si](CCCCCC)(CCCCCC)CCCCCC)c5nc(c(-c6cc(C(C)(C)C)cc(C(C)(C)C)c6)c6ccc3[nH]6)C=C5)C=C4)c3nc(c(-c4cc(C(C)(C)C)cc(C(C)(C)C)c4)c4ccc1[nH]4)C=C3)C=C2)(CCCCCC)CCCCCC. The van der Waals surface area contributed by atoms with Crippen LogP contribution in [0.1, 0.15) is 474 Å². The van der Waals surface area contributed by atoms with Crippen LogP contribution in [0.2, 0.25) is 36.3 Å². The van der Waals surface area contributed by atoms with Crippen molar-refractivity contribution in [2.75, 3.05) is 0 Å². The van der Waals surface area contributed by atoms with Crippen LogP contribution in [0.15, 0.2) is 121 Å². The van der Waals surface area contributed by atoms with Gasteiger partial charge < -0.3 is 19.9 Å². The monoisotopic (exact) mass is 2030 g/mol. The first kappa shape index (κ1) is 114. The number of H-pyrrole nitrogens is 4. The number of aromatic nitrogens is 8. The van der Waals surface area contributed by atoms with Gasteiger partial charge in [0.2, 0.25) is 0 Å². The molecule has 4 aromatic carbocycles. The molecule has 6 aromatic heterocycles. The van der Waals surface area contributed by atoms with Crippen molar-refractivity contribution in [1.82, 2.24) is 39.9 Å². The number of rotatable bonds is 34. The van der Waals surface area contributed by atoms with Gasteiger partial charge in [0.1, 0.15) is 16.1 Å². The summed E-state index contributed by atoms with van der Waals surface area (Å²) in [5.74, 6) is 23.2. The van der Waals surface area contributed by atoms with Crippen LogP contribution in [-0.4, -0.2) is 56.0 Å². The minimum atomic E-state index is -2.22. The molecule has 10 heterocycles. The van der Waals surface area contributed by atoms with E-state index in [0.717, 1.165) is 145 Å². The van der Waals surface area contributed by atoms with Crippen molar-refractivity contribution in [3.05, 3.63) is 234 Å². The first-order chi connectivity index (χ1) is 71.0. The predicted molar refractivity (Wildman–Crippen MR) is 662 cm³/mol. The highest BCUT2D eigenvalue weighted by Gasteiger charge is 2.36. The summed E-state index contributed by atoms with van der Waals surface area (Å²) < 4.78 is 0. The zero-order valence-corrected chi connectivity index (χ0v) is 100. The molecule has 4 aliphatic rings. The Labute approximate surface area is 908 Å². The summed E-state index contributed by atoms with van der Waals surface area (Å²) in [5.41, 5.74) is 42.9. The van der Waals surface area contributed by atoms with Crippen LogP contribution >= 0.6 is 0 Å². The highest BCUT2D eigenvalue weighted by molar-refractivity contribution is 6.88. The minimum absolute atomic E-state index is 0.179. The van der Waals surface area contributed by atoms with Crippen molar-refractivity contribution in [3.63, 3.8) is 0 Å². The third kappa shape index (κ3) is 28.4. The van der Waals surface area contributed by atoms with E-state index < -0.39 is 16.1 Å². The number of unbranched alkanes of at least 4 members (excludes halogenated alkanes) is 18. The molecule has 10 aromatic rings. The molecule has 0 saturated carbocycles. The van der Waals surface area contributed by atoms with Gasteiger partial charge >= 0.3 is 0 Å². The molecule has 4 aliphatic heterocycles. The van der Waals surface area contributed by atoms with Gasteiger partial charge in [-0.15, -0.1) is 11.1 Å². The molecule has 0 fully saturated rings. The molecule has 0 atom stereocenters. The Kier molecular flexibility index (Phi) is 36.9. The molecule has 150 heavy (non-hydrogen) atoms. The van der Waals surface area contributed by atoms with Crippen molar-refractivity contribution in [1.29, 1.82) is 0 Å². The van der Waals surface area contributed by atoms with E-state index in [-0.39, 0.29) is 43.3 Å². The Hall–Kier alpha value is -11.2. The van der Waals surface area contributed by atoms with Gasteiger partial charge in [0, 0.05) is 44.3 Å². The molecular weight excluding hydrogens is 1850 g/mol. The Morgan fingerprint density at radius 3 is 0.540 bits per heavy atom. The van der Waals surface area contributed by atoms with E-state index in [0.29, 0.717) is 11.1 Å². The van der Waals surface area contributed by atoms with Gasteiger partial charge in [-0.3, -0.25) is 0 Å². The minimum Gasteiger partial charge on any atom is -0.354 e. The average Bonchev–Trinajstić information content (AvgIpc) is 1.60. The lowest BCUT2D eigenvalue weighted by Crippen LogP contribution is -2.32. The maximum Gasteiger partial charge on any atom is 0.138 e. The fourth-order valence-electron chi connectivity index (χ4n) is 21.7. The molecule has 0 radical (unpaired) electrons. The number of nitrogens with zero attached hydrogens (tertiary/aromatic N) is 4. The van der Waals surface area contributed by atoms with E-state index in [2.05, 4.69) is 444 Å². The molecule has 8 nitrogen and oxygen atoms in total. The third-order valence-electron chi connectivity index (χ3n) is 31.7. The number of hydrogen-bond acceptors (Lipinski definition) is 4. The van der Waals surface area contributed by atoms with Gasteiger partial charge in [-0.25, -0.2) is 19.9 Å². The molecule has 0 unspecified atom stereocenters. The van der Waals surface area contributed by atoms with Crippen LogP contribution in [0, 0.1) is 46.6 Å². The average molecular weight is 2030 g/mol. The normalized spacial score (nSPS) is 13.1. The van der Waals surface area contributed by atoms with Crippen LogP contribution in [0.25, 0.3) is 137 Å². The van der Waals surface area contributed by atoms with Crippen molar-refractivity contribution < 1.29 is 0 Å². The number of fused-ring (bicyclic) bond motifs is 16. The van der Waals surface area contributed by atoms with E-state index in [4.69, 9.17) is 19.9 Å². The molecule has 0 aliphatic carbocycles. The second kappa shape index (κ2) is 48.4. The number of aromatic amines is 4. The molecule has 790 valence electrons. The summed E-state index contributed by atoms with van der Waals surface area (Å²) in [6.07, 6.45) is 47.6. The third-order valence-corrected chi connectivity index (χ3v) is 40.9. The molecule has 0 saturated heterocycles. The standard InChI is InChI=1S/C140H182N8Si2/c1-31-37-43-51-77-149(78-52-44-38-32-2,79-53-45-39-33-3)83-75-111-117-63-71-125(145-117)129(97-85-101(133(7,8)9)93-102(86-97)134(10,11)12)121-67-59-113(141-121)109(114-60-68-122(142-114)130(126-72-64-118(111)146-126)98-87-103(135(13,14)15)94-104(88-98)136(16,17)18)57-49-50-58-110-115-61-69-123(143-115)131(99-89-105(137(19,20)21)95-106(90-99)138(22,23)24)127-73-65-119(147-127)112(76-84-150(80-54-46-40-34-4,81-55-47-41-35-5)82-56-48-42-36-6)120-66-74-128(148-120)132(124-70-62-116(110)144-124)100-91-107(139(25,26)27)96-108(92-100)140(28,29)30/h59-74,85-96,141,143,146,148H,31-48,51-56,77-82H2,1-30H3. The summed E-state index contributed by atoms with van der Waals surface area (Å²) in [5, 5.41) is 0. The maximum atomic E-state index is 5.99. The molecule has 16 bridgehead atoms. The van der Waals surface area contributed by atoms with Gasteiger partial charge in [0.15, 0.2) is 0 Å². The topological polar surface area (TPSA) is 115 Å². The van der Waals surface area contributed by atoms with E-state index in [1.807, 2.05) is 0 Å². The fraction of sp³-hybridized carbons (Fsp3) is 0.486. The second-order valence-corrected chi connectivity index (χ2v) is 61.2. The number of hydrogen-bond donors (Lipinski definition) is 4. The Bertz CT molecular complexity index is 6550. The highest BCUT2D eigenvalue weighted by atomic mass is 28.3. The summed E-state index contributed by atoms with van der Waals surface area (Å²) in [6.45, 7) is 70.1. The van der Waals surface area contributed by atoms with Crippen molar-refractivity contribution >= 4 is 109 Å². The lowest BCUT2D eigenvalue weighted by atomic mass is 9.78. The van der Waals surface area contributed by atoms with E-state index in [1.54, 1.807) is 0 Å². The summed E-state index contributed by atoms with van der Waals surface area (Å²) in [4.78, 5) is 40.5. The van der Waals surface area contributed by atoms with Crippen LogP contribution in [0.3, 0.4) is 0 Å². The van der Waals surface area contributed by atoms with Gasteiger partial charge in [0.25, 0.3) is 0 Å². The zero-order chi connectivity index (χ0) is 108. The molecule has 14 rings (SSSR count). The molecule has 4 N–H and O–H groups in total. The molecule has 0 amide bonds. The van der Waals surface area contributed by atoms with E-state index >= 15 is 0 Å². The zero-order valence-electron chi connectivity index (χ0n) is 98.2. The summed E-state index contributed by atoms with van der Waals surface area (Å²) in [6, 6.07) is 54.5. The lowest BCUT2D eigenvalue weighted by molar-refractivity contribution is 0.568. The lowest BCUT2D eigenvalue weighted by Gasteiger charge is -2.27. The van der Waals surface area contributed by atoms with Crippen molar-refractivity contribution in [2.24, 2.45) is 0 Å². The van der Waals surface area contributed by atoms with E-state index in [9.17, 15) is 0 Å². The first-order valence-corrected chi connectivity index (χ1v) is 63.4. The largest absolute Gasteiger partial charge is 0.354 e. The van der Waals surface area contributed by atoms with Crippen molar-refractivity contribution in [3.8, 4) is 91.1 Å². The number of nitrogens with one attached hydrogen (secondary N) is 4. The maximum absolute atomic E-state index is 5.99. The van der Waals surface area contributed by atoms with Gasteiger partial charge in [-0.1, -0.05) is 446 Å². The highest BCUT2D eigenvalue weighted by Crippen LogP contribution is 2.47.